The summed E-state index contributed by atoms with van der Waals surface area (Å²) in [7, 11) is -4.07. The summed E-state index contributed by atoms with van der Waals surface area (Å²) in [5.74, 6) is 1.13. The van der Waals surface area contributed by atoms with Gasteiger partial charge >= 0.3 is 16.1 Å². The second-order valence-electron chi connectivity index (χ2n) is 10.6. The lowest BCUT2D eigenvalue weighted by Crippen LogP contribution is -2.27. The zero-order valence-electron chi connectivity index (χ0n) is 25.0. The molecule has 10 heteroatoms. The highest BCUT2D eigenvalue weighted by Gasteiger charge is 2.38. The van der Waals surface area contributed by atoms with Crippen LogP contribution >= 0.6 is 10.3 Å². The third kappa shape index (κ3) is 7.70. The molecule has 0 saturated carbocycles. The van der Waals surface area contributed by atoms with Gasteiger partial charge in [0.1, 0.15) is 22.8 Å². The molecule has 0 atom stereocenters. The molecule has 0 aliphatic heterocycles. The van der Waals surface area contributed by atoms with Crippen molar-refractivity contribution in [2.45, 2.75) is 52.9 Å². The molecule has 4 aromatic rings. The molecular formula is C33H36O8S2. The standard InChI is InChI=1S/C33H36O8S2/c1-24-7-15-31(16-8-24)43(35,36)41-42(28-17-9-25(37-5)10-18-28,29-19-11-26(38-6)12-20-29)30-21-13-27(14-22-30)39-23-32(34)40-33(2,3)4/h7-22H,23H2,1-6H3. The Hall–Kier alpha value is -3.99. The average molecular weight is 625 g/mol. The van der Waals surface area contributed by atoms with Crippen LogP contribution in [0.15, 0.2) is 117 Å². The first-order chi connectivity index (χ1) is 20.4. The van der Waals surface area contributed by atoms with Crippen molar-refractivity contribution >= 4 is 26.4 Å². The number of rotatable bonds is 11. The maximum Gasteiger partial charge on any atom is 0.344 e. The first kappa shape index (κ1) is 31.9. The van der Waals surface area contributed by atoms with Crippen LogP contribution in [0.1, 0.15) is 26.3 Å². The minimum absolute atomic E-state index is 0.0364. The first-order valence-electron chi connectivity index (χ1n) is 13.5. The van der Waals surface area contributed by atoms with E-state index in [-0.39, 0.29) is 11.5 Å². The fraction of sp³-hybridized carbons (Fsp3) is 0.242. The third-order valence-electron chi connectivity index (χ3n) is 6.22. The van der Waals surface area contributed by atoms with Crippen molar-refractivity contribution in [3.8, 4) is 17.2 Å². The maximum absolute atomic E-state index is 14.0. The van der Waals surface area contributed by atoms with Gasteiger partial charge in [0.05, 0.1) is 19.1 Å². The zero-order chi connectivity index (χ0) is 31.3. The molecule has 0 spiro atoms. The summed E-state index contributed by atoms with van der Waals surface area (Å²) in [4.78, 5) is 14.1. The Morgan fingerprint density at radius 1 is 0.628 bits per heavy atom. The van der Waals surface area contributed by atoms with Crippen molar-refractivity contribution in [3.63, 3.8) is 0 Å². The van der Waals surface area contributed by atoms with E-state index in [9.17, 15) is 13.2 Å². The Kier molecular flexibility index (Phi) is 9.74. The normalized spacial score (nSPS) is 12.3. The van der Waals surface area contributed by atoms with Crippen molar-refractivity contribution in [2.24, 2.45) is 0 Å². The molecule has 0 amide bonds. The molecule has 0 N–H and O–H groups in total. The van der Waals surface area contributed by atoms with E-state index in [0.717, 1.165) is 5.56 Å². The highest BCUT2D eigenvalue weighted by Crippen LogP contribution is 2.70. The largest absolute Gasteiger partial charge is 0.497 e. The van der Waals surface area contributed by atoms with E-state index in [0.29, 0.717) is 31.9 Å². The third-order valence-corrected chi connectivity index (χ3v) is 11.4. The van der Waals surface area contributed by atoms with E-state index >= 15 is 0 Å². The number of hydrogen-bond donors (Lipinski definition) is 0. The van der Waals surface area contributed by atoms with E-state index in [4.69, 9.17) is 22.6 Å². The Balaban J connectivity index is 1.86. The topological polar surface area (TPSA) is 97.4 Å². The zero-order valence-corrected chi connectivity index (χ0v) is 26.7. The molecule has 0 radical (unpaired) electrons. The fourth-order valence-electron chi connectivity index (χ4n) is 4.18. The Morgan fingerprint density at radius 3 is 1.42 bits per heavy atom. The van der Waals surface area contributed by atoms with Gasteiger partial charge < -0.3 is 18.9 Å². The molecule has 0 aliphatic rings. The van der Waals surface area contributed by atoms with Gasteiger partial charge in [-0.2, -0.15) is 8.42 Å². The molecule has 0 bridgehead atoms. The summed E-state index contributed by atoms with van der Waals surface area (Å²) >= 11 is 0. The van der Waals surface area contributed by atoms with Gasteiger partial charge in [-0.3, -0.25) is 0 Å². The van der Waals surface area contributed by atoms with E-state index in [1.165, 1.54) is 12.1 Å². The van der Waals surface area contributed by atoms with Crippen LogP contribution in [-0.4, -0.2) is 40.8 Å². The molecule has 0 unspecified atom stereocenters. The Labute approximate surface area is 255 Å². The maximum atomic E-state index is 14.0. The van der Waals surface area contributed by atoms with Crippen LogP contribution in [0.5, 0.6) is 17.2 Å². The van der Waals surface area contributed by atoms with Gasteiger partial charge in [-0.25, -0.2) is 8.42 Å². The van der Waals surface area contributed by atoms with Gasteiger partial charge in [0.2, 0.25) is 0 Å². The molecule has 4 aromatic carbocycles. The summed E-state index contributed by atoms with van der Waals surface area (Å²) in [6, 6.07) is 27.6. The van der Waals surface area contributed by atoms with Gasteiger partial charge in [0.15, 0.2) is 6.61 Å². The molecule has 0 aromatic heterocycles. The monoisotopic (exact) mass is 624 g/mol. The molecule has 228 valence electrons. The number of hydrogen-bond acceptors (Lipinski definition) is 8. The van der Waals surface area contributed by atoms with Crippen molar-refractivity contribution in [1.29, 1.82) is 0 Å². The molecular weight excluding hydrogens is 588 g/mol. The molecule has 0 fully saturated rings. The van der Waals surface area contributed by atoms with Crippen molar-refractivity contribution in [1.82, 2.24) is 0 Å². The molecule has 43 heavy (non-hydrogen) atoms. The number of ether oxygens (including phenoxy) is 4. The first-order valence-corrected chi connectivity index (χ1v) is 16.4. The van der Waals surface area contributed by atoms with Crippen LogP contribution in [0.2, 0.25) is 0 Å². The number of benzene rings is 4. The smallest absolute Gasteiger partial charge is 0.344 e. The molecule has 4 rings (SSSR count). The van der Waals surface area contributed by atoms with Gasteiger partial charge in [0.25, 0.3) is 0 Å². The van der Waals surface area contributed by atoms with Crippen molar-refractivity contribution in [2.75, 3.05) is 20.8 Å². The van der Waals surface area contributed by atoms with Crippen LogP contribution in [0.4, 0.5) is 0 Å². The lowest BCUT2D eigenvalue weighted by molar-refractivity contribution is -0.157. The van der Waals surface area contributed by atoms with E-state index in [2.05, 4.69) is 0 Å². The summed E-state index contributed by atoms with van der Waals surface area (Å²) in [6.07, 6.45) is 0. The molecule has 0 heterocycles. The predicted molar refractivity (Wildman–Crippen MR) is 166 cm³/mol. The molecule has 8 nitrogen and oxygen atoms in total. The van der Waals surface area contributed by atoms with Crippen LogP contribution in [0, 0.1) is 6.92 Å². The number of carbonyl (C=O) groups is 1. The fourth-order valence-corrected chi connectivity index (χ4v) is 9.36. The lowest BCUT2D eigenvalue weighted by Gasteiger charge is -2.39. The second-order valence-corrected chi connectivity index (χ2v) is 15.0. The second kappa shape index (κ2) is 13.1. The van der Waals surface area contributed by atoms with E-state index < -0.39 is 32.0 Å². The summed E-state index contributed by atoms with van der Waals surface area (Å²) in [5, 5.41) is 0. The average Bonchev–Trinajstić information content (AvgIpc) is 2.99. The highest BCUT2D eigenvalue weighted by atomic mass is 32.3. The minimum Gasteiger partial charge on any atom is -0.497 e. The number of esters is 1. The molecule has 0 saturated heterocycles. The number of methoxy groups -OCH3 is 2. The van der Waals surface area contributed by atoms with E-state index in [1.54, 1.807) is 120 Å². The summed E-state index contributed by atoms with van der Waals surface area (Å²) in [6.45, 7) is 6.96. The summed E-state index contributed by atoms with van der Waals surface area (Å²) in [5.41, 5.74) is 0.286. The van der Waals surface area contributed by atoms with Crippen LogP contribution < -0.4 is 14.2 Å². The Morgan fingerprint density at radius 2 is 1.02 bits per heavy atom. The van der Waals surface area contributed by atoms with Crippen LogP contribution in [-0.2, 0) is 23.3 Å². The predicted octanol–water partition coefficient (Wildman–Crippen LogP) is 7.33. The quantitative estimate of drug-likeness (QED) is 0.160. The lowest BCUT2D eigenvalue weighted by atomic mass is 10.2. The van der Waals surface area contributed by atoms with Crippen molar-refractivity contribution in [3.05, 3.63) is 103 Å². The van der Waals surface area contributed by atoms with Gasteiger partial charge in [-0.05, 0) is 123 Å². The van der Waals surface area contributed by atoms with Crippen LogP contribution in [0.25, 0.3) is 0 Å². The van der Waals surface area contributed by atoms with Crippen LogP contribution in [0.3, 0.4) is 0 Å². The van der Waals surface area contributed by atoms with Gasteiger partial charge in [-0.1, -0.05) is 17.7 Å². The van der Waals surface area contributed by atoms with E-state index in [1.807, 2.05) is 6.92 Å². The number of aryl methyl sites for hydroxylation is 1. The SMILES string of the molecule is COc1ccc(S(OS(=O)(=O)c2ccc(C)cc2)(c2ccc(OC)cc2)c2ccc(OCC(=O)OC(C)(C)C)cc2)cc1. The summed E-state index contributed by atoms with van der Waals surface area (Å²) < 4.78 is 56.1. The Bertz CT molecular complexity index is 1580. The number of carbonyl (C=O) groups excluding carboxylic acids is 1. The van der Waals surface area contributed by atoms with Gasteiger partial charge in [-0.15, -0.1) is 0 Å². The highest BCUT2D eigenvalue weighted by molar-refractivity contribution is 8.33. The van der Waals surface area contributed by atoms with Crippen molar-refractivity contribution < 1.29 is 35.8 Å². The molecule has 0 aliphatic carbocycles. The van der Waals surface area contributed by atoms with Gasteiger partial charge in [0, 0.05) is 14.7 Å². The minimum atomic E-state index is -4.28.